The van der Waals surface area contributed by atoms with E-state index in [0.717, 1.165) is 13.0 Å². The summed E-state index contributed by atoms with van der Waals surface area (Å²) in [7, 11) is 0. The number of hydrogen-bond donors (Lipinski definition) is 1. The summed E-state index contributed by atoms with van der Waals surface area (Å²) in [6, 6.07) is 3.20. The Balaban J connectivity index is 2.12. The molecule has 88 valence electrons. The first-order chi connectivity index (χ1) is 7.59. The van der Waals surface area contributed by atoms with Crippen molar-refractivity contribution in [3.05, 3.63) is 21.9 Å². The Morgan fingerprint density at radius 3 is 3.19 bits per heavy atom. The summed E-state index contributed by atoms with van der Waals surface area (Å²) in [5, 5.41) is 2.20. The first-order valence-electron chi connectivity index (χ1n) is 5.70. The Morgan fingerprint density at radius 2 is 2.50 bits per heavy atom. The van der Waals surface area contributed by atoms with Crippen LogP contribution in [0.1, 0.15) is 36.8 Å². The summed E-state index contributed by atoms with van der Waals surface area (Å²) in [5.74, 6) is 0. The Hall–Kier alpha value is -0.450. The van der Waals surface area contributed by atoms with Crippen molar-refractivity contribution in [1.29, 1.82) is 0 Å². The molecule has 0 aliphatic carbocycles. The van der Waals surface area contributed by atoms with Gasteiger partial charge in [-0.3, -0.25) is 4.90 Å². The summed E-state index contributed by atoms with van der Waals surface area (Å²) in [6.45, 7) is 5.62. The fourth-order valence-corrected chi connectivity index (χ4v) is 3.74. The lowest BCUT2D eigenvalue weighted by atomic mass is 9.99. The fourth-order valence-electron chi connectivity index (χ4n) is 2.54. The van der Waals surface area contributed by atoms with Crippen LogP contribution in [0.3, 0.4) is 0 Å². The van der Waals surface area contributed by atoms with Crippen molar-refractivity contribution in [1.82, 2.24) is 4.90 Å². The van der Waals surface area contributed by atoms with Gasteiger partial charge in [0.25, 0.3) is 0 Å². The molecule has 2 N–H and O–H groups in total. The van der Waals surface area contributed by atoms with Gasteiger partial charge >= 0.3 is 0 Å². The van der Waals surface area contributed by atoms with Gasteiger partial charge in [-0.05, 0) is 37.3 Å². The van der Waals surface area contributed by atoms with Crippen LogP contribution in [0.5, 0.6) is 0 Å². The molecule has 0 bridgehead atoms. The second-order valence-electron chi connectivity index (χ2n) is 4.48. The molecule has 16 heavy (non-hydrogen) atoms. The number of nitrogens with two attached hydrogens (primary N) is 1. The van der Waals surface area contributed by atoms with Crippen molar-refractivity contribution in [2.75, 3.05) is 6.54 Å². The Morgan fingerprint density at radius 1 is 1.75 bits per heavy atom. The number of thiophene rings is 1. The first kappa shape index (κ1) is 12.0. The van der Waals surface area contributed by atoms with Crippen LogP contribution in [0.15, 0.2) is 11.4 Å². The highest BCUT2D eigenvalue weighted by Crippen LogP contribution is 2.34. The molecular weight excluding hydrogens is 236 g/mol. The molecule has 0 aromatic carbocycles. The molecule has 2 nitrogen and oxygen atoms in total. The Kier molecular flexibility index (Phi) is 3.62. The molecule has 1 aromatic rings. The largest absolute Gasteiger partial charge is 0.393 e. The third kappa shape index (κ3) is 2.29. The van der Waals surface area contributed by atoms with Crippen molar-refractivity contribution in [3.8, 4) is 0 Å². The zero-order chi connectivity index (χ0) is 11.7. The van der Waals surface area contributed by atoms with Crippen molar-refractivity contribution in [2.45, 2.75) is 38.8 Å². The van der Waals surface area contributed by atoms with Crippen LogP contribution in [0.4, 0.5) is 0 Å². The lowest BCUT2D eigenvalue weighted by Crippen LogP contribution is -2.41. The van der Waals surface area contributed by atoms with Crippen LogP contribution in [0.25, 0.3) is 0 Å². The molecule has 0 radical (unpaired) electrons. The van der Waals surface area contributed by atoms with Gasteiger partial charge in [-0.1, -0.05) is 12.2 Å². The lowest BCUT2D eigenvalue weighted by molar-refractivity contribution is 0.149. The van der Waals surface area contributed by atoms with Crippen LogP contribution in [0, 0.1) is 0 Å². The van der Waals surface area contributed by atoms with Gasteiger partial charge in [-0.2, -0.15) is 0 Å². The van der Waals surface area contributed by atoms with Crippen molar-refractivity contribution in [3.63, 3.8) is 0 Å². The van der Waals surface area contributed by atoms with Crippen molar-refractivity contribution in [2.24, 2.45) is 5.73 Å². The highest BCUT2D eigenvalue weighted by atomic mass is 32.1. The number of thiocarbonyl (C=S) groups is 1. The zero-order valence-corrected chi connectivity index (χ0v) is 11.4. The summed E-state index contributed by atoms with van der Waals surface area (Å²) in [5.41, 5.74) is 7.12. The van der Waals surface area contributed by atoms with Crippen LogP contribution in [-0.4, -0.2) is 22.5 Å². The Labute approximate surface area is 106 Å². The third-order valence-electron chi connectivity index (χ3n) is 3.39. The van der Waals surface area contributed by atoms with E-state index in [1.807, 2.05) is 11.3 Å². The van der Waals surface area contributed by atoms with E-state index in [4.69, 9.17) is 18.0 Å². The van der Waals surface area contributed by atoms with E-state index in [-0.39, 0.29) is 0 Å². The van der Waals surface area contributed by atoms with Gasteiger partial charge in [-0.25, -0.2) is 0 Å². The summed E-state index contributed by atoms with van der Waals surface area (Å²) >= 11 is 6.87. The second kappa shape index (κ2) is 4.82. The van der Waals surface area contributed by atoms with E-state index < -0.39 is 0 Å². The monoisotopic (exact) mass is 254 g/mol. The van der Waals surface area contributed by atoms with E-state index in [1.165, 1.54) is 12.0 Å². The molecule has 2 unspecified atom stereocenters. The molecule has 1 aromatic heterocycles. The molecule has 0 fully saturated rings. The summed E-state index contributed by atoms with van der Waals surface area (Å²) < 4.78 is 0. The molecule has 2 heterocycles. The van der Waals surface area contributed by atoms with Crippen LogP contribution >= 0.6 is 23.6 Å². The van der Waals surface area contributed by atoms with Gasteiger partial charge < -0.3 is 5.73 Å². The normalized spacial score (nSPS) is 22.8. The molecular formula is C12H18N2S2. The van der Waals surface area contributed by atoms with Gasteiger partial charge in [0.15, 0.2) is 0 Å². The smallest absolute Gasteiger partial charge is 0.0742 e. The van der Waals surface area contributed by atoms with Crippen LogP contribution in [-0.2, 0) is 6.42 Å². The predicted octanol–water partition coefficient (Wildman–Crippen LogP) is 2.73. The zero-order valence-electron chi connectivity index (χ0n) is 9.77. The molecule has 0 saturated heterocycles. The SMILES string of the molecule is CC(CC(N)=S)N1CCc2sccc2C1C. The average molecular weight is 254 g/mol. The van der Waals surface area contributed by atoms with E-state index in [0.29, 0.717) is 17.1 Å². The van der Waals surface area contributed by atoms with Crippen molar-refractivity contribution < 1.29 is 0 Å². The number of nitrogens with zero attached hydrogens (tertiary/aromatic N) is 1. The van der Waals surface area contributed by atoms with Gasteiger partial charge in [0.1, 0.15) is 0 Å². The third-order valence-corrected chi connectivity index (χ3v) is 4.55. The molecule has 0 saturated carbocycles. The van der Waals surface area contributed by atoms with Gasteiger partial charge in [-0.15, -0.1) is 11.3 Å². The minimum atomic E-state index is 0.445. The molecule has 0 amide bonds. The minimum Gasteiger partial charge on any atom is -0.393 e. The topological polar surface area (TPSA) is 29.3 Å². The van der Waals surface area contributed by atoms with Gasteiger partial charge in [0.2, 0.25) is 0 Å². The molecule has 0 spiro atoms. The van der Waals surface area contributed by atoms with Crippen LogP contribution in [0.2, 0.25) is 0 Å². The number of hydrogen-bond acceptors (Lipinski definition) is 3. The molecule has 2 rings (SSSR count). The van der Waals surface area contributed by atoms with Crippen LogP contribution < -0.4 is 5.73 Å². The second-order valence-corrected chi connectivity index (χ2v) is 6.01. The van der Waals surface area contributed by atoms with Crippen molar-refractivity contribution >= 4 is 28.5 Å². The molecule has 1 aliphatic heterocycles. The maximum absolute atomic E-state index is 5.63. The fraction of sp³-hybridized carbons (Fsp3) is 0.583. The number of fused-ring (bicyclic) bond motifs is 1. The average Bonchev–Trinajstić information content (AvgIpc) is 2.65. The predicted molar refractivity (Wildman–Crippen MR) is 74.0 cm³/mol. The minimum absolute atomic E-state index is 0.445. The summed E-state index contributed by atoms with van der Waals surface area (Å²) in [6.07, 6.45) is 1.98. The van der Waals surface area contributed by atoms with Gasteiger partial charge in [0, 0.05) is 29.9 Å². The standard InChI is InChI=1S/C12H18N2S2/c1-8(7-12(13)15)14-5-3-11-10(9(14)2)4-6-16-11/h4,6,8-9H,3,5,7H2,1-2H3,(H2,13,15). The Bertz CT molecular complexity index is 386. The maximum atomic E-state index is 5.63. The highest BCUT2D eigenvalue weighted by Gasteiger charge is 2.28. The molecule has 2 atom stereocenters. The molecule has 4 heteroatoms. The maximum Gasteiger partial charge on any atom is 0.0742 e. The highest BCUT2D eigenvalue weighted by molar-refractivity contribution is 7.80. The van der Waals surface area contributed by atoms with E-state index in [9.17, 15) is 0 Å². The lowest BCUT2D eigenvalue weighted by Gasteiger charge is -2.38. The van der Waals surface area contributed by atoms with E-state index in [2.05, 4.69) is 30.2 Å². The van der Waals surface area contributed by atoms with Gasteiger partial charge in [0.05, 0.1) is 4.99 Å². The van der Waals surface area contributed by atoms with E-state index in [1.54, 1.807) is 4.88 Å². The van der Waals surface area contributed by atoms with E-state index >= 15 is 0 Å². The quantitative estimate of drug-likeness (QED) is 0.841. The first-order valence-corrected chi connectivity index (χ1v) is 6.98. The summed E-state index contributed by atoms with van der Waals surface area (Å²) in [4.78, 5) is 4.68. The number of rotatable bonds is 3. The molecule has 1 aliphatic rings.